The fourth-order valence-electron chi connectivity index (χ4n) is 2.73. The molecule has 0 unspecified atom stereocenters. The number of rotatable bonds is 3. The van der Waals surface area contributed by atoms with E-state index in [1.807, 2.05) is 11.9 Å². The summed E-state index contributed by atoms with van der Waals surface area (Å²) >= 11 is 5.48. The molecule has 1 N–H and O–H groups in total. The van der Waals surface area contributed by atoms with Gasteiger partial charge in [-0.15, -0.1) is 0 Å². The third-order valence-electron chi connectivity index (χ3n) is 4.10. The van der Waals surface area contributed by atoms with E-state index in [2.05, 4.69) is 12.2 Å². The first-order valence-electron chi connectivity index (χ1n) is 7.32. The molecule has 1 aliphatic rings. The fraction of sp³-hybridized carbons (Fsp3) is 0.562. The lowest BCUT2D eigenvalue weighted by molar-refractivity contribution is 0.300. The molecule has 0 radical (unpaired) electrons. The highest BCUT2D eigenvalue weighted by atomic mass is 32.1. The second-order valence-electron chi connectivity index (χ2n) is 5.80. The molecule has 2 rings (SSSR count). The van der Waals surface area contributed by atoms with Crippen LogP contribution in [0.2, 0.25) is 0 Å². The average Bonchev–Trinajstić information content (AvgIpc) is 2.44. The van der Waals surface area contributed by atoms with Gasteiger partial charge in [0.05, 0.1) is 0 Å². The number of nitrogens with zero attached hydrogens (tertiary/aromatic N) is 1. The highest BCUT2D eigenvalue weighted by Gasteiger charge is 2.22. The van der Waals surface area contributed by atoms with Crippen LogP contribution in [0.5, 0.6) is 0 Å². The molecule has 0 bridgehead atoms. The van der Waals surface area contributed by atoms with E-state index >= 15 is 0 Å². The van der Waals surface area contributed by atoms with Gasteiger partial charge in [0, 0.05) is 19.6 Å². The van der Waals surface area contributed by atoms with Crippen molar-refractivity contribution in [2.75, 3.05) is 7.05 Å². The minimum absolute atomic E-state index is 0.201. The molecule has 1 aromatic rings. The van der Waals surface area contributed by atoms with Gasteiger partial charge in [-0.2, -0.15) is 0 Å². The average molecular weight is 294 g/mol. The second-order valence-corrected chi connectivity index (χ2v) is 6.19. The van der Waals surface area contributed by atoms with Crippen molar-refractivity contribution >= 4 is 17.3 Å². The van der Waals surface area contributed by atoms with Crippen molar-refractivity contribution in [1.29, 1.82) is 0 Å². The molecule has 1 aliphatic carbocycles. The molecule has 0 aliphatic heterocycles. The summed E-state index contributed by atoms with van der Waals surface area (Å²) in [7, 11) is 1.98. The van der Waals surface area contributed by atoms with E-state index in [1.165, 1.54) is 37.8 Å². The monoisotopic (exact) mass is 294 g/mol. The summed E-state index contributed by atoms with van der Waals surface area (Å²) in [5.74, 6) is 0.481. The Kier molecular flexibility index (Phi) is 5.35. The maximum atomic E-state index is 12.9. The summed E-state index contributed by atoms with van der Waals surface area (Å²) in [6.45, 7) is 2.99. The Morgan fingerprint density at radius 3 is 2.60 bits per heavy atom. The Morgan fingerprint density at radius 1 is 1.30 bits per heavy atom. The highest BCUT2D eigenvalue weighted by Crippen LogP contribution is 2.23. The standard InChI is InChI=1S/C16H23FN2S/c1-12-5-3-4-6-15(12)18-16(20)19(2)11-13-7-9-14(17)10-8-13/h7-10,12,15H,3-6,11H2,1-2H3,(H,18,20)/t12-,15+/m0/s1. The van der Waals surface area contributed by atoms with Crippen LogP contribution in [0.25, 0.3) is 0 Å². The van der Waals surface area contributed by atoms with Crippen LogP contribution in [0.3, 0.4) is 0 Å². The highest BCUT2D eigenvalue weighted by molar-refractivity contribution is 7.80. The zero-order valence-corrected chi connectivity index (χ0v) is 13.0. The lowest BCUT2D eigenvalue weighted by Crippen LogP contribution is -2.46. The molecule has 110 valence electrons. The number of hydrogen-bond acceptors (Lipinski definition) is 1. The lowest BCUT2D eigenvalue weighted by Gasteiger charge is -2.33. The number of hydrogen-bond donors (Lipinski definition) is 1. The number of thiocarbonyl (C=S) groups is 1. The van der Waals surface area contributed by atoms with Crippen LogP contribution < -0.4 is 5.32 Å². The molecule has 2 atom stereocenters. The first kappa shape index (κ1) is 15.2. The summed E-state index contributed by atoms with van der Waals surface area (Å²) in [6.07, 6.45) is 5.09. The van der Waals surface area contributed by atoms with Gasteiger partial charge in [0.25, 0.3) is 0 Å². The van der Waals surface area contributed by atoms with Crippen LogP contribution in [0.4, 0.5) is 4.39 Å². The molecule has 1 fully saturated rings. The van der Waals surface area contributed by atoms with Gasteiger partial charge in [-0.25, -0.2) is 4.39 Å². The van der Waals surface area contributed by atoms with E-state index in [9.17, 15) is 4.39 Å². The van der Waals surface area contributed by atoms with Gasteiger partial charge in [0.1, 0.15) is 5.82 Å². The van der Waals surface area contributed by atoms with Crippen molar-refractivity contribution in [2.24, 2.45) is 5.92 Å². The van der Waals surface area contributed by atoms with Crippen molar-refractivity contribution in [3.05, 3.63) is 35.6 Å². The quantitative estimate of drug-likeness (QED) is 0.856. The van der Waals surface area contributed by atoms with E-state index in [0.29, 0.717) is 18.5 Å². The van der Waals surface area contributed by atoms with E-state index in [1.54, 1.807) is 12.1 Å². The van der Waals surface area contributed by atoms with Crippen LogP contribution in [-0.2, 0) is 6.54 Å². The minimum Gasteiger partial charge on any atom is -0.360 e. The smallest absolute Gasteiger partial charge is 0.169 e. The predicted octanol–water partition coefficient (Wildman–Crippen LogP) is 3.71. The van der Waals surface area contributed by atoms with Crippen LogP contribution in [0, 0.1) is 11.7 Å². The van der Waals surface area contributed by atoms with Gasteiger partial charge in [0.15, 0.2) is 5.11 Å². The normalized spacial score (nSPS) is 22.4. The van der Waals surface area contributed by atoms with Crippen LogP contribution >= 0.6 is 12.2 Å². The molecule has 0 heterocycles. The first-order valence-corrected chi connectivity index (χ1v) is 7.73. The van der Waals surface area contributed by atoms with Crippen molar-refractivity contribution < 1.29 is 4.39 Å². The molecular formula is C16H23FN2S. The third kappa shape index (κ3) is 4.17. The number of halogens is 1. The van der Waals surface area contributed by atoms with Crippen molar-refractivity contribution in [3.8, 4) is 0 Å². The maximum Gasteiger partial charge on any atom is 0.169 e. The largest absolute Gasteiger partial charge is 0.360 e. The van der Waals surface area contributed by atoms with E-state index in [0.717, 1.165) is 10.7 Å². The van der Waals surface area contributed by atoms with Crippen molar-refractivity contribution in [1.82, 2.24) is 10.2 Å². The van der Waals surface area contributed by atoms with Crippen molar-refractivity contribution in [3.63, 3.8) is 0 Å². The van der Waals surface area contributed by atoms with Gasteiger partial charge in [-0.3, -0.25) is 0 Å². The molecular weight excluding hydrogens is 271 g/mol. The minimum atomic E-state index is -0.201. The van der Waals surface area contributed by atoms with Crippen LogP contribution in [-0.4, -0.2) is 23.1 Å². The fourth-order valence-corrected chi connectivity index (χ4v) is 2.95. The molecule has 0 amide bonds. The molecule has 1 saturated carbocycles. The second kappa shape index (κ2) is 7.02. The van der Waals surface area contributed by atoms with E-state index < -0.39 is 0 Å². The lowest BCUT2D eigenvalue weighted by atomic mass is 9.86. The van der Waals surface area contributed by atoms with Gasteiger partial charge in [0.2, 0.25) is 0 Å². The Hall–Kier alpha value is -1.16. The summed E-state index contributed by atoms with van der Waals surface area (Å²) < 4.78 is 12.9. The number of benzene rings is 1. The van der Waals surface area contributed by atoms with Gasteiger partial charge < -0.3 is 10.2 Å². The summed E-state index contributed by atoms with van der Waals surface area (Å²) in [6, 6.07) is 7.08. The van der Waals surface area contributed by atoms with Gasteiger partial charge in [-0.1, -0.05) is 31.9 Å². The zero-order chi connectivity index (χ0) is 14.5. The molecule has 4 heteroatoms. The summed E-state index contributed by atoms with van der Waals surface area (Å²) in [4.78, 5) is 2.02. The Labute approximate surface area is 126 Å². The summed E-state index contributed by atoms with van der Waals surface area (Å²) in [5, 5.41) is 4.27. The predicted molar refractivity (Wildman–Crippen MR) is 85.0 cm³/mol. The van der Waals surface area contributed by atoms with Crippen LogP contribution in [0.15, 0.2) is 24.3 Å². The third-order valence-corrected chi connectivity index (χ3v) is 4.53. The van der Waals surface area contributed by atoms with Crippen LogP contribution in [0.1, 0.15) is 38.2 Å². The molecule has 0 aromatic heterocycles. The zero-order valence-electron chi connectivity index (χ0n) is 12.2. The van der Waals surface area contributed by atoms with E-state index in [4.69, 9.17) is 12.2 Å². The molecule has 20 heavy (non-hydrogen) atoms. The SMILES string of the molecule is C[C@H]1CCCC[C@H]1NC(=S)N(C)Cc1ccc(F)cc1. The topological polar surface area (TPSA) is 15.3 Å². The van der Waals surface area contributed by atoms with Gasteiger partial charge in [-0.05, 0) is 48.7 Å². The molecule has 0 saturated heterocycles. The first-order chi connectivity index (χ1) is 9.56. The maximum absolute atomic E-state index is 12.9. The van der Waals surface area contributed by atoms with Crippen molar-refractivity contribution in [2.45, 2.75) is 45.2 Å². The molecule has 0 spiro atoms. The Bertz CT molecular complexity index is 446. The molecule has 2 nitrogen and oxygen atoms in total. The van der Waals surface area contributed by atoms with Gasteiger partial charge >= 0.3 is 0 Å². The summed E-state index contributed by atoms with van der Waals surface area (Å²) in [5.41, 5.74) is 1.06. The Morgan fingerprint density at radius 2 is 1.95 bits per heavy atom. The Balaban J connectivity index is 1.86. The van der Waals surface area contributed by atoms with E-state index in [-0.39, 0.29) is 5.82 Å². The molecule has 1 aromatic carbocycles. The number of nitrogens with one attached hydrogen (secondary N) is 1.